The van der Waals surface area contributed by atoms with Crippen molar-refractivity contribution in [1.82, 2.24) is 9.97 Å². The maximum atomic E-state index is 13.8. The molecule has 7 heteroatoms. The number of methoxy groups -OCH3 is 1. The number of ether oxygens (including phenoxy) is 1. The van der Waals surface area contributed by atoms with Crippen LogP contribution < -0.4 is 15.4 Å². The van der Waals surface area contributed by atoms with Crippen LogP contribution in [0, 0.1) is 5.82 Å². The van der Waals surface area contributed by atoms with E-state index in [4.69, 9.17) is 4.74 Å². The largest absolute Gasteiger partial charge is 0.495 e. The number of nitrogens with one attached hydrogen (secondary N) is 2. The summed E-state index contributed by atoms with van der Waals surface area (Å²) in [5.41, 5.74) is 0.613. The van der Waals surface area contributed by atoms with E-state index in [1.807, 2.05) is 13.0 Å². The van der Waals surface area contributed by atoms with Crippen molar-refractivity contribution in [1.29, 1.82) is 0 Å². The molecule has 0 saturated carbocycles. The van der Waals surface area contributed by atoms with Gasteiger partial charge in [-0.25, -0.2) is 9.37 Å². The molecule has 1 heterocycles. The number of halogens is 2. The molecule has 0 bridgehead atoms. The van der Waals surface area contributed by atoms with Gasteiger partial charge in [0.25, 0.3) is 0 Å². The van der Waals surface area contributed by atoms with Crippen LogP contribution in [0.1, 0.15) is 6.92 Å². The Morgan fingerprint density at radius 2 is 2.20 bits per heavy atom. The third-order valence-electron chi connectivity index (χ3n) is 2.49. The van der Waals surface area contributed by atoms with E-state index < -0.39 is 5.82 Å². The lowest BCUT2D eigenvalue weighted by Crippen LogP contribution is -2.06. The summed E-state index contributed by atoms with van der Waals surface area (Å²) in [6.45, 7) is 2.57. The third-order valence-corrected chi connectivity index (χ3v) is 2.99. The van der Waals surface area contributed by atoms with Crippen molar-refractivity contribution in [2.75, 3.05) is 24.3 Å². The van der Waals surface area contributed by atoms with Crippen molar-refractivity contribution in [3.8, 4) is 5.75 Å². The highest BCUT2D eigenvalue weighted by molar-refractivity contribution is 9.10. The number of aromatic nitrogens is 2. The normalized spacial score (nSPS) is 10.2. The molecule has 0 radical (unpaired) electrons. The number of hydrogen-bond acceptors (Lipinski definition) is 5. The Labute approximate surface area is 124 Å². The SMILES string of the molecule is CCNc1ncc(F)c(Nc2cc(Br)ccc2OC)n1. The molecule has 1 aromatic carbocycles. The molecule has 0 saturated heterocycles. The van der Waals surface area contributed by atoms with E-state index in [2.05, 4.69) is 36.5 Å². The molecule has 2 N–H and O–H groups in total. The zero-order chi connectivity index (χ0) is 14.5. The Kier molecular flexibility index (Phi) is 4.73. The number of benzene rings is 1. The van der Waals surface area contributed by atoms with Crippen LogP contribution in [-0.4, -0.2) is 23.6 Å². The molecule has 0 spiro atoms. The first-order valence-electron chi connectivity index (χ1n) is 6.01. The van der Waals surface area contributed by atoms with Gasteiger partial charge in [0.1, 0.15) is 5.75 Å². The lowest BCUT2D eigenvalue weighted by atomic mass is 10.3. The predicted octanol–water partition coefficient (Wildman–Crippen LogP) is 3.56. The quantitative estimate of drug-likeness (QED) is 0.871. The van der Waals surface area contributed by atoms with Crippen molar-refractivity contribution >= 4 is 33.4 Å². The second-order valence-electron chi connectivity index (χ2n) is 3.89. The zero-order valence-corrected chi connectivity index (χ0v) is 12.7. The van der Waals surface area contributed by atoms with Crippen LogP contribution in [0.4, 0.5) is 21.8 Å². The fourth-order valence-electron chi connectivity index (χ4n) is 1.60. The molecule has 0 aliphatic carbocycles. The van der Waals surface area contributed by atoms with Gasteiger partial charge in [0, 0.05) is 11.0 Å². The van der Waals surface area contributed by atoms with Crippen LogP contribution >= 0.6 is 15.9 Å². The van der Waals surface area contributed by atoms with Gasteiger partial charge in [-0.3, -0.25) is 0 Å². The smallest absolute Gasteiger partial charge is 0.224 e. The van der Waals surface area contributed by atoms with Crippen molar-refractivity contribution < 1.29 is 9.13 Å². The summed E-state index contributed by atoms with van der Waals surface area (Å²) in [6.07, 6.45) is 1.12. The average Bonchev–Trinajstić information content (AvgIpc) is 2.43. The Morgan fingerprint density at radius 3 is 2.90 bits per heavy atom. The van der Waals surface area contributed by atoms with Gasteiger partial charge in [0.05, 0.1) is 19.0 Å². The van der Waals surface area contributed by atoms with E-state index in [9.17, 15) is 4.39 Å². The Bertz CT molecular complexity index is 609. The number of nitrogens with zero attached hydrogens (tertiary/aromatic N) is 2. The second-order valence-corrected chi connectivity index (χ2v) is 4.81. The molecule has 0 atom stereocenters. The topological polar surface area (TPSA) is 59.1 Å². The van der Waals surface area contributed by atoms with E-state index >= 15 is 0 Å². The van der Waals surface area contributed by atoms with E-state index in [0.717, 1.165) is 10.7 Å². The van der Waals surface area contributed by atoms with Gasteiger partial charge in [-0.2, -0.15) is 4.98 Å². The average molecular weight is 341 g/mol. The maximum Gasteiger partial charge on any atom is 0.224 e. The molecule has 0 aliphatic rings. The molecular formula is C13H14BrFN4O. The van der Waals surface area contributed by atoms with E-state index in [0.29, 0.717) is 23.9 Å². The first kappa shape index (κ1) is 14.5. The molecule has 0 aliphatic heterocycles. The highest BCUT2D eigenvalue weighted by atomic mass is 79.9. The molecule has 1 aromatic heterocycles. The lowest BCUT2D eigenvalue weighted by Gasteiger charge is -2.12. The molecule has 5 nitrogen and oxygen atoms in total. The maximum absolute atomic E-state index is 13.8. The fourth-order valence-corrected chi connectivity index (χ4v) is 1.96. The first-order valence-corrected chi connectivity index (χ1v) is 6.80. The van der Waals surface area contributed by atoms with Gasteiger partial charge in [-0.1, -0.05) is 15.9 Å². The molecule has 20 heavy (non-hydrogen) atoms. The van der Waals surface area contributed by atoms with E-state index in [-0.39, 0.29) is 5.82 Å². The summed E-state index contributed by atoms with van der Waals surface area (Å²) in [7, 11) is 1.55. The van der Waals surface area contributed by atoms with Crippen LogP contribution in [0.3, 0.4) is 0 Å². The minimum atomic E-state index is -0.534. The molecular weight excluding hydrogens is 327 g/mol. The number of hydrogen-bond donors (Lipinski definition) is 2. The van der Waals surface area contributed by atoms with Gasteiger partial charge in [0.2, 0.25) is 5.95 Å². The van der Waals surface area contributed by atoms with Crippen LogP contribution in [0.2, 0.25) is 0 Å². The number of rotatable bonds is 5. The van der Waals surface area contributed by atoms with Gasteiger partial charge >= 0.3 is 0 Å². The first-order chi connectivity index (χ1) is 9.63. The number of anilines is 3. The Hall–Kier alpha value is -1.89. The Morgan fingerprint density at radius 1 is 1.40 bits per heavy atom. The summed E-state index contributed by atoms with van der Waals surface area (Å²) in [5, 5.41) is 5.84. The Balaban J connectivity index is 2.33. The van der Waals surface area contributed by atoms with Crippen molar-refractivity contribution in [3.63, 3.8) is 0 Å². The molecule has 0 fully saturated rings. The molecule has 2 aromatic rings. The van der Waals surface area contributed by atoms with Gasteiger partial charge in [-0.15, -0.1) is 0 Å². The van der Waals surface area contributed by atoms with Gasteiger partial charge in [0.15, 0.2) is 11.6 Å². The molecule has 106 valence electrons. The minimum Gasteiger partial charge on any atom is -0.495 e. The summed E-state index contributed by atoms with van der Waals surface area (Å²) in [6, 6.07) is 5.40. The van der Waals surface area contributed by atoms with Crippen LogP contribution in [0.5, 0.6) is 5.75 Å². The van der Waals surface area contributed by atoms with Crippen LogP contribution in [0.15, 0.2) is 28.9 Å². The summed E-state index contributed by atoms with van der Waals surface area (Å²) in [5.74, 6) is 0.516. The fraction of sp³-hybridized carbons (Fsp3) is 0.231. The predicted molar refractivity (Wildman–Crippen MR) is 80.1 cm³/mol. The summed E-state index contributed by atoms with van der Waals surface area (Å²) >= 11 is 3.36. The van der Waals surface area contributed by atoms with Crippen LogP contribution in [-0.2, 0) is 0 Å². The highest BCUT2D eigenvalue weighted by Gasteiger charge is 2.10. The van der Waals surface area contributed by atoms with Gasteiger partial charge < -0.3 is 15.4 Å². The second kappa shape index (κ2) is 6.51. The van der Waals surface area contributed by atoms with Gasteiger partial charge in [-0.05, 0) is 25.1 Å². The molecule has 0 amide bonds. The highest BCUT2D eigenvalue weighted by Crippen LogP contribution is 2.30. The summed E-state index contributed by atoms with van der Waals surface area (Å²) in [4.78, 5) is 7.94. The standard InChI is InChI=1S/C13H14BrFN4O/c1-3-16-13-17-7-9(15)12(19-13)18-10-6-8(14)4-5-11(10)20-2/h4-7H,3H2,1-2H3,(H2,16,17,18,19). The van der Waals surface area contributed by atoms with Crippen molar-refractivity contribution in [2.24, 2.45) is 0 Å². The van der Waals surface area contributed by atoms with E-state index in [1.54, 1.807) is 19.2 Å². The minimum absolute atomic E-state index is 0.0901. The third kappa shape index (κ3) is 3.36. The lowest BCUT2D eigenvalue weighted by molar-refractivity contribution is 0.416. The monoisotopic (exact) mass is 340 g/mol. The summed E-state index contributed by atoms with van der Waals surface area (Å²) < 4.78 is 19.8. The zero-order valence-electron chi connectivity index (χ0n) is 11.1. The van der Waals surface area contributed by atoms with Crippen molar-refractivity contribution in [3.05, 3.63) is 34.7 Å². The molecule has 0 unspecified atom stereocenters. The molecule has 2 rings (SSSR count). The van der Waals surface area contributed by atoms with Crippen LogP contribution in [0.25, 0.3) is 0 Å². The van der Waals surface area contributed by atoms with Crippen molar-refractivity contribution in [2.45, 2.75) is 6.92 Å². The van der Waals surface area contributed by atoms with E-state index in [1.165, 1.54) is 0 Å².